The molecule has 0 amide bonds. The highest BCUT2D eigenvalue weighted by atomic mass is 16.5. The number of hydrogen-bond donors (Lipinski definition) is 1. The molecule has 0 aromatic carbocycles. The fourth-order valence-corrected chi connectivity index (χ4v) is 2.71. The summed E-state index contributed by atoms with van der Waals surface area (Å²) < 4.78 is 5.75. The van der Waals surface area contributed by atoms with Crippen molar-refractivity contribution in [2.45, 2.75) is 44.8 Å². The van der Waals surface area contributed by atoms with Crippen LogP contribution in [0.1, 0.15) is 33.6 Å². The Morgan fingerprint density at radius 2 is 2.13 bits per heavy atom. The molecule has 3 nitrogen and oxygen atoms in total. The molecule has 0 bridgehead atoms. The van der Waals surface area contributed by atoms with Crippen molar-refractivity contribution in [2.24, 2.45) is 11.7 Å². The van der Waals surface area contributed by atoms with Crippen LogP contribution < -0.4 is 5.73 Å². The predicted molar refractivity (Wildman–Crippen MR) is 61.8 cm³/mol. The topological polar surface area (TPSA) is 38.5 Å². The normalized spacial score (nSPS) is 31.2. The maximum Gasteiger partial charge on any atom is 0.0753 e. The Balaban J connectivity index is 2.07. The summed E-state index contributed by atoms with van der Waals surface area (Å²) in [5, 5.41) is 0. The van der Waals surface area contributed by atoms with Gasteiger partial charge in [0.15, 0.2) is 0 Å². The van der Waals surface area contributed by atoms with Gasteiger partial charge in [-0.05, 0) is 39.5 Å². The molecule has 1 saturated heterocycles. The molecule has 0 aromatic rings. The van der Waals surface area contributed by atoms with E-state index in [4.69, 9.17) is 10.5 Å². The standard InChI is InChI=1S/C12H24N2O/c1-11(2)9-14(6-7-15-11)12(3,8-13)10-4-5-10/h10H,4-9,13H2,1-3H3. The van der Waals surface area contributed by atoms with Crippen LogP contribution in [0.2, 0.25) is 0 Å². The number of nitrogens with two attached hydrogens (primary N) is 1. The van der Waals surface area contributed by atoms with Gasteiger partial charge in [-0.2, -0.15) is 0 Å². The lowest BCUT2D eigenvalue weighted by Crippen LogP contribution is -2.61. The molecule has 0 aromatic heterocycles. The van der Waals surface area contributed by atoms with Crippen molar-refractivity contribution in [3.63, 3.8) is 0 Å². The number of hydrogen-bond acceptors (Lipinski definition) is 3. The summed E-state index contributed by atoms with van der Waals surface area (Å²) in [5.74, 6) is 0.816. The molecule has 1 saturated carbocycles. The van der Waals surface area contributed by atoms with E-state index in [1.54, 1.807) is 0 Å². The zero-order chi connectivity index (χ0) is 11.1. The van der Waals surface area contributed by atoms with Gasteiger partial charge in [-0.3, -0.25) is 4.90 Å². The Labute approximate surface area is 93.0 Å². The van der Waals surface area contributed by atoms with E-state index in [1.165, 1.54) is 12.8 Å². The van der Waals surface area contributed by atoms with E-state index in [1.807, 2.05) is 0 Å². The molecule has 3 heteroatoms. The van der Waals surface area contributed by atoms with E-state index in [0.29, 0.717) is 0 Å². The highest BCUT2D eigenvalue weighted by molar-refractivity contribution is 5.02. The molecule has 1 aliphatic carbocycles. The van der Waals surface area contributed by atoms with Crippen molar-refractivity contribution in [1.29, 1.82) is 0 Å². The Bertz CT molecular complexity index is 238. The third-order valence-electron chi connectivity index (χ3n) is 4.02. The van der Waals surface area contributed by atoms with Crippen LogP contribution in [0, 0.1) is 5.92 Å². The Morgan fingerprint density at radius 1 is 1.47 bits per heavy atom. The van der Waals surface area contributed by atoms with Crippen molar-refractivity contribution in [3.8, 4) is 0 Å². The number of ether oxygens (including phenoxy) is 1. The number of morpholine rings is 1. The summed E-state index contributed by atoms with van der Waals surface area (Å²) in [6.07, 6.45) is 2.71. The molecule has 0 radical (unpaired) electrons. The van der Waals surface area contributed by atoms with Gasteiger partial charge in [0.25, 0.3) is 0 Å². The quantitative estimate of drug-likeness (QED) is 0.764. The zero-order valence-corrected chi connectivity index (χ0v) is 10.3. The van der Waals surface area contributed by atoms with Gasteiger partial charge in [-0.25, -0.2) is 0 Å². The van der Waals surface area contributed by atoms with E-state index >= 15 is 0 Å². The number of rotatable bonds is 3. The minimum Gasteiger partial charge on any atom is -0.373 e. The lowest BCUT2D eigenvalue weighted by atomic mass is 9.91. The minimum absolute atomic E-state index is 0.0103. The lowest BCUT2D eigenvalue weighted by Gasteiger charge is -2.48. The summed E-state index contributed by atoms with van der Waals surface area (Å²) in [7, 11) is 0. The van der Waals surface area contributed by atoms with Gasteiger partial charge in [0.2, 0.25) is 0 Å². The molecular weight excluding hydrogens is 188 g/mol. The van der Waals surface area contributed by atoms with Crippen LogP contribution >= 0.6 is 0 Å². The van der Waals surface area contributed by atoms with Crippen LogP contribution in [0.25, 0.3) is 0 Å². The highest BCUT2D eigenvalue weighted by Gasteiger charge is 2.47. The molecule has 2 fully saturated rings. The third kappa shape index (κ3) is 2.19. The SMILES string of the molecule is CC1(C)CN(C(C)(CN)C2CC2)CCO1. The van der Waals surface area contributed by atoms with E-state index in [2.05, 4.69) is 25.7 Å². The van der Waals surface area contributed by atoms with Gasteiger partial charge in [0.05, 0.1) is 12.2 Å². The van der Waals surface area contributed by atoms with E-state index < -0.39 is 0 Å². The van der Waals surface area contributed by atoms with Gasteiger partial charge in [0.1, 0.15) is 0 Å². The Hall–Kier alpha value is -0.120. The minimum atomic E-state index is -0.0103. The van der Waals surface area contributed by atoms with Crippen LogP contribution in [-0.4, -0.2) is 42.3 Å². The van der Waals surface area contributed by atoms with Gasteiger partial charge < -0.3 is 10.5 Å². The van der Waals surface area contributed by atoms with Gasteiger partial charge >= 0.3 is 0 Å². The first-order valence-corrected chi connectivity index (χ1v) is 6.07. The van der Waals surface area contributed by atoms with Crippen molar-refractivity contribution < 1.29 is 4.74 Å². The smallest absolute Gasteiger partial charge is 0.0753 e. The van der Waals surface area contributed by atoms with Crippen molar-refractivity contribution in [3.05, 3.63) is 0 Å². The second-order valence-electron chi connectivity index (χ2n) is 5.87. The molecule has 88 valence electrons. The first kappa shape index (κ1) is 11.4. The summed E-state index contributed by atoms with van der Waals surface area (Å²) >= 11 is 0. The van der Waals surface area contributed by atoms with Crippen LogP contribution in [0.4, 0.5) is 0 Å². The highest BCUT2D eigenvalue weighted by Crippen LogP contribution is 2.43. The molecule has 2 rings (SSSR count). The van der Waals surface area contributed by atoms with Crippen molar-refractivity contribution in [1.82, 2.24) is 4.90 Å². The molecule has 2 N–H and O–H groups in total. The second-order valence-corrected chi connectivity index (χ2v) is 5.87. The summed E-state index contributed by atoms with van der Waals surface area (Å²) in [4.78, 5) is 2.55. The Kier molecular flexibility index (Phi) is 2.82. The Morgan fingerprint density at radius 3 is 2.60 bits per heavy atom. The lowest BCUT2D eigenvalue weighted by molar-refractivity contribution is -0.116. The fraction of sp³-hybridized carbons (Fsp3) is 1.00. The first-order chi connectivity index (χ1) is 6.98. The molecule has 1 unspecified atom stereocenters. The van der Waals surface area contributed by atoms with E-state index in [0.717, 1.165) is 32.2 Å². The van der Waals surface area contributed by atoms with Crippen LogP contribution in [-0.2, 0) is 4.74 Å². The van der Waals surface area contributed by atoms with Crippen molar-refractivity contribution >= 4 is 0 Å². The van der Waals surface area contributed by atoms with Gasteiger partial charge in [-0.1, -0.05) is 0 Å². The summed E-state index contributed by atoms with van der Waals surface area (Å²) in [6, 6.07) is 0. The molecule has 2 aliphatic rings. The van der Waals surface area contributed by atoms with E-state index in [-0.39, 0.29) is 11.1 Å². The summed E-state index contributed by atoms with van der Waals surface area (Å²) in [6.45, 7) is 10.3. The average molecular weight is 212 g/mol. The molecular formula is C12H24N2O. The molecule has 15 heavy (non-hydrogen) atoms. The predicted octanol–water partition coefficient (Wildman–Crippen LogP) is 1.22. The molecule has 1 atom stereocenters. The number of nitrogens with zero attached hydrogens (tertiary/aromatic N) is 1. The maximum absolute atomic E-state index is 5.98. The third-order valence-corrected chi connectivity index (χ3v) is 4.02. The zero-order valence-electron chi connectivity index (χ0n) is 10.3. The fourth-order valence-electron chi connectivity index (χ4n) is 2.71. The average Bonchev–Trinajstić information content (AvgIpc) is 2.98. The first-order valence-electron chi connectivity index (χ1n) is 6.07. The molecule has 0 spiro atoms. The van der Waals surface area contributed by atoms with Crippen LogP contribution in [0.15, 0.2) is 0 Å². The largest absolute Gasteiger partial charge is 0.373 e. The second kappa shape index (κ2) is 3.72. The van der Waals surface area contributed by atoms with Gasteiger partial charge in [0, 0.05) is 25.2 Å². The molecule has 1 aliphatic heterocycles. The van der Waals surface area contributed by atoms with Crippen LogP contribution in [0.5, 0.6) is 0 Å². The van der Waals surface area contributed by atoms with Gasteiger partial charge in [-0.15, -0.1) is 0 Å². The molecule has 1 heterocycles. The van der Waals surface area contributed by atoms with E-state index in [9.17, 15) is 0 Å². The van der Waals surface area contributed by atoms with Crippen molar-refractivity contribution in [2.75, 3.05) is 26.2 Å². The monoisotopic (exact) mass is 212 g/mol. The van der Waals surface area contributed by atoms with Crippen LogP contribution in [0.3, 0.4) is 0 Å². The summed E-state index contributed by atoms with van der Waals surface area (Å²) in [5.41, 5.74) is 6.18. The maximum atomic E-state index is 5.98.